The lowest BCUT2D eigenvalue weighted by molar-refractivity contribution is -0.119. The van der Waals surface area contributed by atoms with E-state index in [-0.39, 0.29) is 36.9 Å². The van der Waals surface area contributed by atoms with Crippen molar-refractivity contribution in [3.05, 3.63) is 23.8 Å². The SMILES string of the molecule is CC(=O)NCC1CN(c2cc(F)c(N3C[C@@H](F)C4(CC4)C3)c(F)c2)C(=O)O1. The first-order chi connectivity index (χ1) is 12.8. The van der Waals surface area contributed by atoms with E-state index in [1.165, 1.54) is 11.8 Å². The first-order valence-corrected chi connectivity index (χ1v) is 8.90. The quantitative estimate of drug-likeness (QED) is 0.867. The fraction of sp³-hybridized carbons (Fsp3) is 0.556. The third-order valence-electron chi connectivity index (χ3n) is 5.53. The van der Waals surface area contributed by atoms with Crippen molar-refractivity contribution in [3.8, 4) is 0 Å². The molecule has 2 aliphatic heterocycles. The molecule has 2 heterocycles. The fourth-order valence-electron chi connectivity index (χ4n) is 3.84. The van der Waals surface area contributed by atoms with Crippen molar-refractivity contribution in [1.29, 1.82) is 0 Å². The number of hydrogen-bond donors (Lipinski definition) is 1. The van der Waals surface area contributed by atoms with Crippen molar-refractivity contribution in [2.75, 3.05) is 36.0 Å². The number of halogens is 3. The molecule has 4 rings (SSSR count). The van der Waals surface area contributed by atoms with Crippen molar-refractivity contribution >= 4 is 23.4 Å². The maximum atomic E-state index is 14.7. The van der Waals surface area contributed by atoms with E-state index in [0.717, 1.165) is 29.9 Å². The highest BCUT2D eigenvalue weighted by Gasteiger charge is 2.56. The van der Waals surface area contributed by atoms with Crippen LogP contribution in [0.15, 0.2) is 12.1 Å². The molecule has 6 nitrogen and oxygen atoms in total. The zero-order chi connectivity index (χ0) is 19.3. The van der Waals surface area contributed by atoms with E-state index in [9.17, 15) is 22.8 Å². The minimum Gasteiger partial charge on any atom is -0.442 e. The third-order valence-corrected chi connectivity index (χ3v) is 5.53. The molecule has 0 aromatic heterocycles. The molecule has 2 amide bonds. The Morgan fingerprint density at radius 2 is 1.96 bits per heavy atom. The molecule has 3 aliphatic rings. The van der Waals surface area contributed by atoms with Gasteiger partial charge in [0.25, 0.3) is 0 Å². The molecule has 27 heavy (non-hydrogen) atoms. The number of hydrogen-bond acceptors (Lipinski definition) is 4. The average Bonchev–Trinajstić information content (AvgIpc) is 3.16. The van der Waals surface area contributed by atoms with Gasteiger partial charge in [-0.05, 0) is 12.8 Å². The Hall–Kier alpha value is -2.45. The van der Waals surface area contributed by atoms with Crippen molar-refractivity contribution in [1.82, 2.24) is 5.32 Å². The maximum absolute atomic E-state index is 14.7. The van der Waals surface area contributed by atoms with Gasteiger partial charge in [-0.2, -0.15) is 0 Å². The molecular formula is C18H20F3N3O3. The number of alkyl halides is 1. The zero-order valence-electron chi connectivity index (χ0n) is 14.8. The van der Waals surface area contributed by atoms with Gasteiger partial charge >= 0.3 is 6.09 Å². The first kappa shape index (κ1) is 17.9. The van der Waals surface area contributed by atoms with Gasteiger partial charge in [0.05, 0.1) is 18.8 Å². The predicted molar refractivity (Wildman–Crippen MR) is 91.4 cm³/mol. The summed E-state index contributed by atoms with van der Waals surface area (Å²) in [6.07, 6.45) is -0.950. The van der Waals surface area contributed by atoms with Crippen LogP contribution in [0, 0.1) is 17.0 Å². The Bertz CT molecular complexity index is 776. The van der Waals surface area contributed by atoms with Gasteiger partial charge in [-0.15, -0.1) is 0 Å². The van der Waals surface area contributed by atoms with Crippen molar-refractivity contribution in [2.45, 2.75) is 32.0 Å². The molecule has 2 atom stereocenters. The van der Waals surface area contributed by atoms with E-state index >= 15 is 0 Å². The summed E-state index contributed by atoms with van der Waals surface area (Å²) in [5.41, 5.74) is -0.679. The third kappa shape index (κ3) is 3.19. The van der Waals surface area contributed by atoms with Crippen molar-refractivity contribution < 1.29 is 27.5 Å². The summed E-state index contributed by atoms with van der Waals surface area (Å²) in [6.45, 7) is 1.79. The van der Waals surface area contributed by atoms with Crippen LogP contribution in [0.2, 0.25) is 0 Å². The lowest BCUT2D eigenvalue weighted by atomic mass is 10.1. The van der Waals surface area contributed by atoms with E-state index in [0.29, 0.717) is 6.54 Å². The highest BCUT2D eigenvalue weighted by atomic mass is 19.1. The Morgan fingerprint density at radius 3 is 2.52 bits per heavy atom. The summed E-state index contributed by atoms with van der Waals surface area (Å²) in [5, 5.41) is 2.53. The van der Waals surface area contributed by atoms with Crippen LogP contribution in [-0.4, -0.2) is 50.5 Å². The van der Waals surface area contributed by atoms with Crippen LogP contribution in [0.25, 0.3) is 0 Å². The number of nitrogens with one attached hydrogen (secondary N) is 1. The van der Waals surface area contributed by atoms with Crippen molar-refractivity contribution in [2.24, 2.45) is 5.41 Å². The maximum Gasteiger partial charge on any atom is 0.414 e. The monoisotopic (exact) mass is 383 g/mol. The minimum absolute atomic E-state index is 0.0289. The first-order valence-electron chi connectivity index (χ1n) is 8.90. The van der Waals surface area contributed by atoms with Crippen LogP contribution in [0.5, 0.6) is 0 Å². The molecular weight excluding hydrogens is 363 g/mol. The van der Waals surface area contributed by atoms with Crippen molar-refractivity contribution in [3.63, 3.8) is 0 Å². The Labute approximate surface area is 154 Å². The van der Waals surface area contributed by atoms with Gasteiger partial charge in [-0.25, -0.2) is 18.0 Å². The van der Waals surface area contributed by atoms with Crippen LogP contribution in [-0.2, 0) is 9.53 Å². The number of nitrogens with zero attached hydrogens (tertiary/aromatic N) is 2. The van der Waals surface area contributed by atoms with Gasteiger partial charge in [0.1, 0.15) is 18.0 Å². The zero-order valence-corrected chi connectivity index (χ0v) is 14.8. The molecule has 146 valence electrons. The summed E-state index contributed by atoms with van der Waals surface area (Å²) in [5.74, 6) is -1.95. The number of benzene rings is 1. The molecule has 9 heteroatoms. The van der Waals surface area contributed by atoms with Crippen LogP contribution in [0.4, 0.5) is 29.3 Å². The fourth-order valence-corrected chi connectivity index (χ4v) is 3.84. The van der Waals surface area contributed by atoms with Gasteiger partial charge < -0.3 is 15.0 Å². The summed E-state index contributed by atoms with van der Waals surface area (Å²) in [4.78, 5) is 25.5. The average molecular weight is 383 g/mol. The second kappa shape index (κ2) is 6.31. The number of ether oxygens (including phenoxy) is 1. The molecule has 1 spiro atoms. The summed E-state index contributed by atoms with van der Waals surface area (Å²) in [7, 11) is 0. The van der Waals surface area contributed by atoms with Gasteiger partial charge in [-0.1, -0.05) is 0 Å². The van der Waals surface area contributed by atoms with E-state index in [2.05, 4.69) is 5.32 Å². The number of carbonyl (C=O) groups is 2. The highest BCUT2D eigenvalue weighted by Crippen LogP contribution is 2.55. The van der Waals surface area contributed by atoms with E-state index in [4.69, 9.17) is 4.74 Å². The molecule has 0 bridgehead atoms. The Morgan fingerprint density at radius 1 is 1.30 bits per heavy atom. The number of cyclic esters (lactones) is 1. The molecule has 1 aromatic carbocycles. The minimum atomic E-state index is -1.08. The molecule has 1 aromatic rings. The van der Waals surface area contributed by atoms with Crippen LogP contribution in [0.3, 0.4) is 0 Å². The molecule has 1 saturated carbocycles. The summed E-state index contributed by atoms with van der Waals surface area (Å²) in [6, 6.07) is 2.12. The van der Waals surface area contributed by atoms with Crippen LogP contribution in [0.1, 0.15) is 19.8 Å². The largest absolute Gasteiger partial charge is 0.442 e. The van der Waals surface area contributed by atoms with Crippen LogP contribution >= 0.6 is 0 Å². The highest BCUT2D eigenvalue weighted by molar-refractivity contribution is 5.90. The number of rotatable bonds is 4. The summed E-state index contributed by atoms with van der Waals surface area (Å²) < 4.78 is 48.5. The number of anilines is 2. The standard InChI is InChI=1S/C18H20F3N3O3/c1-10(25)22-6-12-7-24(17(26)27-12)11-4-13(19)16(14(20)5-11)23-8-15(21)18(9-23)2-3-18/h4-5,12,15H,2-3,6-9H2,1H3,(H,22,25)/t12?,15-/m1/s1. The summed E-state index contributed by atoms with van der Waals surface area (Å²) >= 11 is 0. The van der Waals surface area contributed by atoms with E-state index in [1.54, 1.807) is 0 Å². The number of carbonyl (C=O) groups excluding carboxylic acids is 2. The Kier molecular flexibility index (Phi) is 4.20. The topological polar surface area (TPSA) is 61.9 Å². The van der Waals surface area contributed by atoms with E-state index < -0.39 is 35.4 Å². The second-order valence-corrected chi connectivity index (χ2v) is 7.52. The lowest BCUT2D eigenvalue weighted by Crippen LogP contribution is -2.33. The lowest BCUT2D eigenvalue weighted by Gasteiger charge is -2.22. The molecule has 1 unspecified atom stereocenters. The van der Waals surface area contributed by atoms with Crippen LogP contribution < -0.4 is 15.1 Å². The normalized spacial score (nSPS) is 25.9. The van der Waals surface area contributed by atoms with Gasteiger partial charge in [0.2, 0.25) is 5.91 Å². The molecule has 1 aliphatic carbocycles. The van der Waals surface area contributed by atoms with Gasteiger partial charge in [-0.3, -0.25) is 9.69 Å². The smallest absolute Gasteiger partial charge is 0.414 e. The van der Waals surface area contributed by atoms with Gasteiger partial charge in [0, 0.05) is 37.6 Å². The molecule has 2 saturated heterocycles. The number of amides is 2. The Balaban J connectivity index is 1.52. The van der Waals surface area contributed by atoms with E-state index in [1.807, 2.05) is 0 Å². The van der Waals surface area contributed by atoms with Gasteiger partial charge in [0.15, 0.2) is 11.6 Å². The second-order valence-electron chi connectivity index (χ2n) is 7.52. The molecule has 1 N–H and O–H groups in total. The molecule has 3 fully saturated rings. The predicted octanol–water partition coefficient (Wildman–Crippen LogP) is 2.36. The molecule has 0 radical (unpaired) electrons.